The first kappa shape index (κ1) is 15.5. The fraction of sp³-hybridized carbons (Fsp3) is 0.211. The maximum Gasteiger partial charge on any atom is 0.248 e. The van der Waals surface area contributed by atoms with E-state index in [4.69, 9.17) is 20.4 Å². The topological polar surface area (TPSA) is 81.3 Å². The molecular weight excluding hydrogens is 316 g/mol. The lowest BCUT2D eigenvalue weighted by atomic mass is 10.1. The second kappa shape index (κ2) is 6.49. The molecule has 0 aliphatic carbocycles. The number of fused-ring (bicyclic) bond motifs is 1. The van der Waals surface area contributed by atoms with E-state index in [1.807, 2.05) is 54.6 Å². The van der Waals surface area contributed by atoms with Gasteiger partial charge in [-0.05, 0) is 12.1 Å². The van der Waals surface area contributed by atoms with Crippen molar-refractivity contribution < 1.29 is 9.53 Å². The van der Waals surface area contributed by atoms with Gasteiger partial charge in [-0.1, -0.05) is 42.5 Å². The summed E-state index contributed by atoms with van der Waals surface area (Å²) in [5.41, 5.74) is 7.24. The predicted molar refractivity (Wildman–Crippen MR) is 96.1 cm³/mol. The number of para-hydroxylation sites is 1. The Morgan fingerprint density at radius 3 is 2.64 bits per heavy atom. The Hall–Kier alpha value is -2.99. The van der Waals surface area contributed by atoms with E-state index in [1.165, 1.54) is 0 Å². The number of benzene rings is 2. The van der Waals surface area contributed by atoms with Gasteiger partial charge in [0.15, 0.2) is 11.9 Å². The molecule has 1 unspecified atom stereocenters. The van der Waals surface area contributed by atoms with Gasteiger partial charge in [-0.3, -0.25) is 4.79 Å². The molecule has 0 spiro atoms. The lowest BCUT2D eigenvalue weighted by molar-refractivity contribution is -0.130. The van der Waals surface area contributed by atoms with Crippen LogP contribution in [0.5, 0.6) is 0 Å². The summed E-state index contributed by atoms with van der Waals surface area (Å²) in [5.74, 6) is 1.02. The molecule has 0 saturated carbocycles. The summed E-state index contributed by atoms with van der Waals surface area (Å²) in [7, 11) is 0. The van der Waals surface area contributed by atoms with Crippen molar-refractivity contribution in [3.05, 3.63) is 54.6 Å². The molecule has 1 saturated heterocycles. The minimum absolute atomic E-state index is 0.393. The van der Waals surface area contributed by atoms with Crippen molar-refractivity contribution >= 4 is 22.6 Å². The summed E-state index contributed by atoms with van der Waals surface area (Å²) in [5, 5.41) is 0.951. The van der Waals surface area contributed by atoms with Gasteiger partial charge in [0.1, 0.15) is 5.82 Å². The van der Waals surface area contributed by atoms with Crippen LogP contribution in [0.25, 0.3) is 22.3 Å². The van der Waals surface area contributed by atoms with Crippen molar-refractivity contribution in [2.45, 2.75) is 6.10 Å². The number of hydrogen-bond acceptors (Lipinski definition) is 5. The highest BCUT2D eigenvalue weighted by molar-refractivity contribution is 5.91. The molecule has 1 aliphatic heterocycles. The molecule has 1 atom stereocenters. The maximum absolute atomic E-state index is 11.5. The molecule has 1 fully saturated rings. The lowest BCUT2D eigenvalue weighted by Crippen LogP contribution is -2.48. The Kier molecular flexibility index (Phi) is 4.03. The molecular formula is C19H18N4O2. The van der Waals surface area contributed by atoms with E-state index in [0.29, 0.717) is 25.5 Å². The predicted octanol–water partition coefficient (Wildman–Crippen LogP) is 1.99. The van der Waals surface area contributed by atoms with Crippen LogP contribution in [0.1, 0.15) is 0 Å². The Morgan fingerprint density at radius 1 is 1.08 bits per heavy atom. The summed E-state index contributed by atoms with van der Waals surface area (Å²) in [6, 6.07) is 17.7. The third-order valence-electron chi connectivity index (χ3n) is 4.30. The normalized spacial score (nSPS) is 17.6. The smallest absolute Gasteiger partial charge is 0.248 e. The summed E-state index contributed by atoms with van der Waals surface area (Å²) in [4.78, 5) is 23.1. The minimum Gasteiger partial charge on any atom is -0.367 e. The first-order valence-electron chi connectivity index (χ1n) is 8.20. The maximum atomic E-state index is 11.5. The molecule has 25 heavy (non-hydrogen) atoms. The Balaban J connectivity index is 1.83. The van der Waals surface area contributed by atoms with Gasteiger partial charge < -0.3 is 15.4 Å². The molecule has 2 N–H and O–H groups in total. The van der Waals surface area contributed by atoms with E-state index in [9.17, 15) is 4.79 Å². The number of hydrogen-bond donors (Lipinski definition) is 1. The highest BCUT2D eigenvalue weighted by atomic mass is 16.5. The molecule has 3 aromatic rings. The molecule has 2 aromatic carbocycles. The van der Waals surface area contributed by atoms with E-state index in [2.05, 4.69) is 4.90 Å². The van der Waals surface area contributed by atoms with Gasteiger partial charge in [-0.15, -0.1) is 0 Å². The van der Waals surface area contributed by atoms with Gasteiger partial charge in [-0.2, -0.15) is 0 Å². The second-order valence-electron chi connectivity index (χ2n) is 5.96. The van der Waals surface area contributed by atoms with Crippen LogP contribution in [-0.2, 0) is 9.53 Å². The first-order valence-corrected chi connectivity index (χ1v) is 8.20. The van der Waals surface area contributed by atoms with Crippen LogP contribution in [0.4, 0.5) is 5.82 Å². The molecule has 126 valence electrons. The molecule has 0 bridgehead atoms. The summed E-state index contributed by atoms with van der Waals surface area (Å²) in [6.07, 6.45) is -0.623. The number of rotatable bonds is 3. The molecule has 6 nitrogen and oxygen atoms in total. The quantitative estimate of drug-likeness (QED) is 0.792. The molecule has 1 aliphatic rings. The highest BCUT2D eigenvalue weighted by Crippen LogP contribution is 2.28. The average molecular weight is 334 g/mol. The molecule has 2 heterocycles. The van der Waals surface area contributed by atoms with E-state index >= 15 is 0 Å². The van der Waals surface area contributed by atoms with Crippen molar-refractivity contribution in [1.82, 2.24) is 9.97 Å². The zero-order valence-electron chi connectivity index (χ0n) is 13.6. The van der Waals surface area contributed by atoms with Crippen molar-refractivity contribution in [3.8, 4) is 11.4 Å². The third-order valence-corrected chi connectivity index (χ3v) is 4.30. The van der Waals surface area contributed by atoms with E-state index in [1.54, 1.807) is 0 Å². The first-order chi connectivity index (χ1) is 12.2. The zero-order valence-corrected chi connectivity index (χ0v) is 13.6. The summed E-state index contributed by atoms with van der Waals surface area (Å²) in [6.45, 7) is 1.48. The van der Waals surface area contributed by atoms with Crippen LogP contribution in [0.2, 0.25) is 0 Å². The fourth-order valence-electron chi connectivity index (χ4n) is 3.03. The SMILES string of the molecule is NC(=O)C1CN(c2nc(-c3ccccc3)nc3ccccc23)CCO1. The van der Waals surface area contributed by atoms with Gasteiger partial charge >= 0.3 is 0 Å². The fourth-order valence-corrected chi connectivity index (χ4v) is 3.03. The van der Waals surface area contributed by atoms with Crippen LogP contribution < -0.4 is 10.6 Å². The zero-order chi connectivity index (χ0) is 17.2. The summed E-state index contributed by atoms with van der Waals surface area (Å²) < 4.78 is 5.46. The van der Waals surface area contributed by atoms with E-state index in [0.717, 1.165) is 22.3 Å². The number of nitrogens with two attached hydrogens (primary N) is 1. The number of ether oxygens (including phenoxy) is 1. The van der Waals surface area contributed by atoms with Crippen LogP contribution in [0, 0.1) is 0 Å². The number of carbonyl (C=O) groups is 1. The summed E-state index contributed by atoms with van der Waals surface area (Å²) >= 11 is 0. The number of amides is 1. The molecule has 1 aromatic heterocycles. The largest absolute Gasteiger partial charge is 0.367 e. The minimum atomic E-state index is -0.623. The number of morpholine rings is 1. The van der Waals surface area contributed by atoms with Crippen molar-refractivity contribution in [2.75, 3.05) is 24.6 Å². The highest BCUT2D eigenvalue weighted by Gasteiger charge is 2.27. The van der Waals surface area contributed by atoms with Crippen molar-refractivity contribution in [2.24, 2.45) is 5.73 Å². The average Bonchev–Trinajstić information content (AvgIpc) is 2.68. The lowest BCUT2D eigenvalue weighted by Gasteiger charge is -2.33. The number of aromatic nitrogens is 2. The molecule has 4 rings (SSSR count). The Bertz CT molecular complexity index is 914. The standard InChI is InChI=1S/C19H18N4O2/c20-17(24)16-12-23(10-11-25-16)19-14-8-4-5-9-15(14)21-18(22-19)13-6-2-1-3-7-13/h1-9,16H,10-12H2,(H2,20,24). The van der Waals surface area contributed by atoms with Crippen LogP contribution >= 0.6 is 0 Å². The number of primary amides is 1. The Morgan fingerprint density at radius 2 is 1.84 bits per heavy atom. The van der Waals surface area contributed by atoms with E-state index < -0.39 is 12.0 Å². The number of anilines is 1. The van der Waals surface area contributed by atoms with Gasteiger partial charge in [0.2, 0.25) is 5.91 Å². The van der Waals surface area contributed by atoms with Gasteiger partial charge in [0.25, 0.3) is 0 Å². The molecule has 1 amide bonds. The second-order valence-corrected chi connectivity index (χ2v) is 5.96. The van der Waals surface area contributed by atoms with Crippen molar-refractivity contribution in [1.29, 1.82) is 0 Å². The monoisotopic (exact) mass is 334 g/mol. The van der Waals surface area contributed by atoms with Gasteiger partial charge in [0, 0.05) is 17.5 Å². The molecule has 0 radical (unpaired) electrons. The van der Waals surface area contributed by atoms with Crippen LogP contribution in [0.15, 0.2) is 54.6 Å². The Labute approximate surface area is 145 Å². The van der Waals surface area contributed by atoms with Crippen LogP contribution in [-0.4, -0.2) is 41.7 Å². The van der Waals surface area contributed by atoms with Crippen LogP contribution in [0.3, 0.4) is 0 Å². The van der Waals surface area contributed by atoms with Gasteiger partial charge in [0.05, 0.1) is 18.7 Å². The van der Waals surface area contributed by atoms with Gasteiger partial charge in [-0.25, -0.2) is 9.97 Å². The number of carbonyl (C=O) groups excluding carboxylic acids is 1. The molecule has 6 heteroatoms. The van der Waals surface area contributed by atoms with E-state index in [-0.39, 0.29) is 0 Å². The number of nitrogens with zero attached hydrogens (tertiary/aromatic N) is 3. The third kappa shape index (κ3) is 3.04. The van der Waals surface area contributed by atoms with Crippen molar-refractivity contribution in [3.63, 3.8) is 0 Å².